The molecule has 0 aliphatic carbocycles. The van der Waals surface area contributed by atoms with Crippen LogP contribution in [0.3, 0.4) is 0 Å². The van der Waals surface area contributed by atoms with Gasteiger partial charge in [0, 0.05) is 40.2 Å². The van der Waals surface area contributed by atoms with Gasteiger partial charge in [-0.15, -0.1) is 0 Å². The molecule has 2 fully saturated rings. The molecule has 0 N–H and O–H groups in total. The second-order valence-electron chi connectivity index (χ2n) is 8.36. The lowest BCUT2D eigenvalue weighted by atomic mass is 10.1. The smallest absolute Gasteiger partial charge is 0.293 e. The highest BCUT2D eigenvalue weighted by molar-refractivity contribution is 9.10. The Morgan fingerprint density at radius 2 is 1.82 bits per heavy atom. The van der Waals surface area contributed by atoms with E-state index in [1.54, 1.807) is 18.2 Å². The minimum atomic E-state index is -0.386. The van der Waals surface area contributed by atoms with E-state index in [1.165, 1.54) is 12.1 Å². The summed E-state index contributed by atoms with van der Waals surface area (Å²) >= 11 is 4.38. The fourth-order valence-electron chi connectivity index (χ4n) is 4.30. The summed E-state index contributed by atoms with van der Waals surface area (Å²) in [6.07, 6.45) is 5.63. The molecule has 34 heavy (non-hydrogen) atoms. The van der Waals surface area contributed by atoms with Crippen molar-refractivity contribution in [2.24, 2.45) is 0 Å². The van der Waals surface area contributed by atoms with Crippen molar-refractivity contribution in [3.05, 3.63) is 75.0 Å². The Hall–Kier alpha value is -2.91. The first-order valence-electron chi connectivity index (χ1n) is 10.9. The van der Waals surface area contributed by atoms with Crippen LogP contribution in [0, 0.1) is 5.82 Å². The highest BCUT2D eigenvalue weighted by Gasteiger charge is 2.35. The lowest BCUT2D eigenvalue weighted by Crippen LogP contribution is -2.30. The monoisotopic (exact) mass is 541 g/mol. The van der Waals surface area contributed by atoms with E-state index in [0.29, 0.717) is 10.5 Å². The molecule has 3 amide bonds. The molecule has 3 heterocycles. The summed E-state index contributed by atoms with van der Waals surface area (Å²) < 4.78 is 16.0. The summed E-state index contributed by atoms with van der Waals surface area (Å²) in [5.41, 5.74) is 2.32. The summed E-state index contributed by atoms with van der Waals surface area (Å²) in [7, 11) is 0. The maximum Gasteiger partial charge on any atom is 0.293 e. The molecule has 9 heteroatoms. The zero-order valence-corrected chi connectivity index (χ0v) is 20.6. The summed E-state index contributed by atoms with van der Waals surface area (Å²) in [5.74, 6) is -0.685. The summed E-state index contributed by atoms with van der Waals surface area (Å²) in [4.78, 5) is 41.7. The highest BCUT2D eigenvalue weighted by Crippen LogP contribution is 2.35. The van der Waals surface area contributed by atoms with Gasteiger partial charge in [0.05, 0.1) is 11.4 Å². The Balaban J connectivity index is 1.44. The van der Waals surface area contributed by atoms with Gasteiger partial charge in [-0.3, -0.25) is 19.3 Å². The first-order chi connectivity index (χ1) is 16.4. The van der Waals surface area contributed by atoms with E-state index >= 15 is 0 Å². The van der Waals surface area contributed by atoms with Crippen LogP contribution in [0.15, 0.2) is 58.0 Å². The number of imide groups is 1. The van der Waals surface area contributed by atoms with Gasteiger partial charge < -0.3 is 9.47 Å². The number of likely N-dealkylation sites (tertiary alicyclic amines) is 1. The van der Waals surface area contributed by atoms with Crippen LogP contribution >= 0.6 is 27.7 Å². The van der Waals surface area contributed by atoms with Crippen LogP contribution in [-0.4, -0.2) is 44.5 Å². The molecule has 0 saturated carbocycles. The first-order valence-corrected chi connectivity index (χ1v) is 12.6. The van der Waals surface area contributed by atoms with Crippen LogP contribution in [0.25, 0.3) is 17.0 Å². The quantitative estimate of drug-likeness (QED) is 0.405. The minimum absolute atomic E-state index is 0.0727. The molecule has 0 spiro atoms. The van der Waals surface area contributed by atoms with Crippen LogP contribution in [0.1, 0.15) is 24.0 Å². The minimum Gasteiger partial charge on any atom is -0.341 e. The van der Waals surface area contributed by atoms with Gasteiger partial charge in [0.1, 0.15) is 12.4 Å². The topological polar surface area (TPSA) is 62.6 Å². The van der Waals surface area contributed by atoms with Crippen molar-refractivity contribution in [2.75, 3.05) is 13.1 Å². The van der Waals surface area contributed by atoms with E-state index in [4.69, 9.17) is 0 Å². The maximum absolute atomic E-state index is 13.2. The number of amides is 3. The zero-order valence-electron chi connectivity index (χ0n) is 18.2. The third-order valence-electron chi connectivity index (χ3n) is 6.05. The Bertz CT molecular complexity index is 1330. The van der Waals surface area contributed by atoms with Crippen molar-refractivity contribution in [3.8, 4) is 0 Å². The number of halogens is 2. The molecule has 2 saturated heterocycles. The molecule has 0 bridgehead atoms. The van der Waals surface area contributed by atoms with Gasteiger partial charge in [-0.1, -0.05) is 28.1 Å². The molecule has 3 aromatic rings. The van der Waals surface area contributed by atoms with E-state index in [2.05, 4.69) is 15.9 Å². The average Bonchev–Trinajstić information content (AvgIpc) is 3.52. The Labute approximate surface area is 208 Å². The molecule has 0 radical (unpaired) electrons. The number of rotatable bonds is 5. The van der Waals surface area contributed by atoms with Crippen molar-refractivity contribution < 1.29 is 18.8 Å². The molecule has 174 valence electrons. The van der Waals surface area contributed by atoms with Crippen molar-refractivity contribution in [1.29, 1.82) is 0 Å². The maximum atomic E-state index is 13.2. The van der Waals surface area contributed by atoms with Crippen molar-refractivity contribution in [2.45, 2.75) is 25.9 Å². The van der Waals surface area contributed by atoms with Gasteiger partial charge in [0.2, 0.25) is 5.91 Å². The number of aromatic nitrogens is 1. The molecule has 6 nitrogen and oxygen atoms in total. The second-order valence-corrected chi connectivity index (χ2v) is 10.3. The third kappa shape index (κ3) is 4.54. The standard InChI is InChI=1S/C25H21BrFN3O3S/c26-18-5-8-21-20(12-18)17(14-29(21)15-23(31)28-9-1-2-10-28)11-22-24(32)30(25(33)34-22)13-16-3-6-19(27)7-4-16/h3-8,11-12,14H,1-2,9-10,13,15H2/b22-11-. The normalized spacial score (nSPS) is 17.5. The number of hydrogen-bond donors (Lipinski definition) is 0. The van der Waals surface area contributed by atoms with Gasteiger partial charge in [-0.05, 0) is 66.6 Å². The van der Waals surface area contributed by atoms with E-state index in [0.717, 1.165) is 63.5 Å². The molecule has 2 aromatic carbocycles. The molecule has 2 aliphatic rings. The summed E-state index contributed by atoms with van der Waals surface area (Å²) in [5, 5.41) is 0.517. The van der Waals surface area contributed by atoms with Gasteiger partial charge in [0.25, 0.3) is 11.1 Å². The number of carbonyl (C=O) groups excluding carboxylic acids is 3. The average molecular weight is 542 g/mol. The predicted octanol–water partition coefficient (Wildman–Crippen LogP) is 5.40. The Morgan fingerprint density at radius 1 is 1.09 bits per heavy atom. The number of carbonyl (C=O) groups is 3. The second kappa shape index (κ2) is 9.38. The Morgan fingerprint density at radius 3 is 2.56 bits per heavy atom. The predicted molar refractivity (Wildman–Crippen MR) is 133 cm³/mol. The number of thioether (sulfide) groups is 1. The largest absolute Gasteiger partial charge is 0.341 e. The number of fused-ring (bicyclic) bond motifs is 1. The Kier molecular flexibility index (Phi) is 6.31. The zero-order chi connectivity index (χ0) is 23.8. The molecular weight excluding hydrogens is 521 g/mol. The molecule has 0 atom stereocenters. The van der Waals surface area contributed by atoms with Crippen LogP contribution in [-0.2, 0) is 22.7 Å². The van der Waals surface area contributed by atoms with Gasteiger partial charge in [-0.25, -0.2) is 4.39 Å². The fraction of sp³-hybridized carbons (Fsp3) is 0.240. The lowest BCUT2D eigenvalue weighted by Gasteiger charge is -2.16. The molecule has 0 unspecified atom stereocenters. The van der Waals surface area contributed by atoms with Crippen molar-refractivity contribution in [1.82, 2.24) is 14.4 Å². The van der Waals surface area contributed by atoms with Gasteiger partial charge in [0.15, 0.2) is 0 Å². The number of hydrogen-bond acceptors (Lipinski definition) is 4. The molecule has 1 aromatic heterocycles. The fourth-order valence-corrected chi connectivity index (χ4v) is 5.50. The van der Waals surface area contributed by atoms with E-state index in [1.807, 2.05) is 33.9 Å². The summed E-state index contributed by atoms with van der Waals surface area (Å²) in [6, 6.07) is 11.5. The van der Waals surface area contributed by atoms with Crippen LogP contribution in [0.4, 0.5) is 9.18 Å². The van der Waals surface area contributed by atoms with Gasteiger partial charge >= 0.3 is 0 Å². The lowest BCUT2D eigenvalue weighted by molar-refractivity contribution is -0.130. The van der Waals surface area contributed by atoms with E-state index in [9.17, 15) is 18.8 Å². The van der Waals surface area contributed by atoms with Gasteiger partial charge in [-0.2, -0.15) is 0 Å². The van der Waals surface area contributed by atoms with Crippen molar-refractivity contribution in [3.63, 3.8) is 0 Å². The van der Waals surface area contributed by atoms with Crippen LogP contribution < -0.4 is 0 Å². The first kappa shape index (κ1) is 22.9. The third-order valence-corrected chi connectivity index (χ3v) is 7.45. The molecule has 5 rings (SSSR count). The van der Waals surface area contributed by atoms with Crippen LogP contribution in [0.2, 0.25) is 0 Å². The number of benzene rings is 2. The number of nitrogens with zero attached hydrogens (tertiary/aromatic N) is 3. The molecular formula is C25H21BrFN3O3S. The molecule has 2 aliphatic heterocycles. The SMILES string of the molecule is O=C(Cn1cc(/C=C2\SC(=O)N(Cc3ccc(F)cc3)C2=O)c2cc(Br)ccc21)N1CCCC1. The van der Waals surface area contributed by atoms with E-state index in [-0.39, 0.29) is 36.0 Å². The van der Waals surface area contributed by atoms with E-state index < -0.39 is 0 Å². The highest BCUT2D eigenvalue weighted by atomic mass is 79.9. The summed E-state index contributed by atoms with van der Waals surface area (Å²) in [6.45, 7) is 1.88. The van der Waals surface area contributed by atoms with Crippen LogP contribution in [0.5, 0.6) is 0 Å². The van der Waals surface area contributed by atoms with Crippen molar-refractivity contribution >= 4 is 61.7 Å².